The highest BCUT2D eigenvalue weighted by Gasteiger charge is 2.51. The van der Waals surface area contributed by atoms with Crippen LogP contribution >= 0.6 is 7.82 Å². The first-order valence-corrected chi connectivity index (χ1v) is 14.2. The van der Waals surface area contributed by atoms with Gasteiger partial charge in [-0.2, -0.15) is 4.98 Å². The van der Waals surface area contributed by atoms with Gasteiger partial charge in [0.25, 0.3) is 5.56 Å². The number of hydrogen-bond donors (Lipinski definition) is 6. The van der Waals surface area contributed by atoms with E-state index < -0.39 is 75.8 Å². The van der Waals surface area contributed by atoms with Gasteiger partial charge in [-0.1, -0.05) is 0 Å². The molecule has 0 aliphatic carbocycles. The molecule has 4 aromatic heterocycles. The number of nitrogens with two attached hydrogens (primary N) is 2. The standard InChI is InChI=1S/C21H25F2N10O9P/c22-9-8(41-19(13(9)35)32-5-28-11-15(24)26-4-27-16(11)32)3-39-43(37,38)42-14-10(23)7(1-2-34)40-20(14)33-6-29-12-17(33)30-21(25)31-18(12)36/h4-10,13-14,19-20,34-35H,1-3H2,(H,37,38)(H2,24,26,27)(H3,25,30,31,36)/t7-,8-,9+,10-,13-,14-,19-,20-/m1/s1. The molecular weight excluding hydrogens is 605 g/mol. The average molecular weight is 630 g/mol. The number of nitrogen functional groups attached to an aromatic ring is 2. The van der Waals surface area contributed by atoms with E-state index in [-0.39, 0.29) is 40.5 Å². The van der Waals surface area contributed by atoms with Gasteiger partial charge in [0.1, 0.15) is 30.2 Å². The molecule has 9 atom stereocenters. The van der Waals surface area contributed by atoms with Gasteiger partial charge in [0.2, 0.25) is 5.95 Å². The van der Waals surface area contributed by atoms with E-state index in [0.29, 0.717) is 0 Å². The van der Waals surface area contributed by atoms with Gasteiger partial charge in [-0.3, -0.25) is 28.0 Å². The first kappa shape index (κ1) is 29.4. The molecule has 4 aromatic rings. The number of phosphoric ester groups is 1. The third-order valence-electron chi connectivity index (χ3n) is 7.01. The van der Waals surface area contributed by atoms with E-state index in [0.717, 1.165) is 17.2 Å². The molecule has 2 aliphatic heterocycles. The van der Waals surface area contributed by atoms with Crippen molar-refractivity contribution in [2.24, 2.45) is 0 Å². The van der Waals surface area contributed by atoms with Gasteiger partial charge in [0.05, 0.1) is 25.4 Å². The molecule has 0 aromatic carbocycles. The fourth-order valence-electron chi connectivity index (χ4n) is 5.00. The summed E-state index contributed by atoms with van der Waals surface area (Å²) >= 11 is 0. The number of aromatic nitrogens is 8. The van der Waals surface area contributed by atoms with E-state index in [1.165, 1.54) is 10.9 Å². The number of aliphatic hydroxyl groups excluding tert-OH is 2. The number of fused-ring (bicyclic) bond motifs is 2. The third-order valence-corrected chi connectivity index (χ3v) is 7.99. The van der Waals surface area contributed by atoms with E-state index in [1.807, 2.05) is 0 Å². The lowest BCUT2D eigenvalue weighted by molar-refractivity contribution is -0.0578. The molecule has 0 amide bonds. The number of nitrogens with one attached hydrogen (secondary N) is 1. The Hall–Kier alpha value is -3.69. The lowest BCUT2D eigenvalue weighted by Gasteiger charge is -2.24. The quantitative estimate of drug-likeness (QED) is 0.119. The van der Waals surface area contributed by atoms with Crippen LogP contribution in [0.15, 0.2) is 23.8 Å². The fraction of sp³-hybridized carbons (Fsp3) is 0.524. The average Bonchev–Trinajstić information content (AvgIpc) is 3.71. The van der Waals surface area contributed by atoms with Crippen LogP contribution in [-0.2, 0) is 23.1 Å². The molecule has 2 aliphatic rings. The molecule has 232 valence electrons. The number of hydrogen-bond acceptors (Lipinski definition) is 15. The van der Waals surface area contributed by atoms with Crippen LogP contribution in [0, 0.1) is 0 Å². The molecule has 43 heavy (non-hydrogen) atoms. The van der Waals surface area contributed by atoms with Gasteiger partial charge >= 0.3 is 7.82 Å². The molecule has 1 unspecified atom stereocenters. The zero-order valence-corrected chi connectivity index (χ0v) is 22.6. The second kappa shape index (κ2) is 11.1. The van der Waals surface area contributed by atoms with Crippen LogP contribution in [-0.4, -0.2) is 104 Å². The van der Waals surface area contributed by atoms with E-state index in [4.69, 9.17) is 30.0 Å². The number of halogens is 2. The van der Waals surface area contributed by atoms with E-state index >= 15 is 8.78 Å². The van der Waals surface area contributed by atoms with Gasteiger partial charge in [0.15, 0.2) is 47.4 Å². The van der Waals surface area contributed by atoms with Crippen LogP contribution in [0.3, 0.4) is 0 Å². The van der Waals surface area contributed by atoms with Crippen LogP contribution in [0.4, 0.5) is 20.5 Å². The largest absolute Gasteiger partial charge is 0.472 e. The molecule has 0 spiro atoms. The minimum Gasteiger partial charge on any atom is -0.396 e. The Morgan fingerprint density at radius 3 is 2.47 bits per heavy atom. The molecule has 19 nitrogen and oxygen atoms in total. The molecule has 2 saturated heterocycles. The second-order valence-corrected chi connectivity index (χ2v) is 11.1. The van der Waals surface area contributed by atoms with Crippen molar-refractivity contribution in [2.45, 2.75) is 55.6 Å². The molecule has 2 fully saturated rings. The molecule has 0 bridgehead atoms. The normalized spacial score (nSPS) is 30.8. The maximum atomic E-state index is 15.4. The highest BCUT2D eigenvalue weighted by molar-refractivity contribution is 7.47. The Morgan fingerprint density at radius 2 is 1.72 bits per heavy atom. The van der Waals surface area contributed by atoms with Gasteiger partial charge < -0.3 is 36.0 Å². The first-order chi connectivity index (χ1) is 20.5. The summed E-state index contributed by atoms with van der Waals surface area (Å²) < 4.78 is 67.1. The Labute approximate surface area is 238 Å². The summed E-state index contributed by atoms with van der Waals surface area (Å²) in [5.74, 6) is -0.241. The van der Waals surface area contributed by atoms with Crippen molar-refractivity contribution in [2.75, 3.05) is 24.7 Å². The minimum atomic E-state index is -5.18. The minimum absolute atomic E-state index is 0.0441. The predicted octanol–water partition coefficient (Wildman–Crippen LogP) is -1.16. The van der Waals surface area contributed by atoms with Crippen LogP contribution in [0.5, 0.6) is 0 Å². The maximum absolute atomic E-state index is 15.4. The zero-order valence-electron chi connectivity index (χ0n) is 21.8. The summed E-state index contributed by atoms with van der Waals surface area (Å²) in [5.41, 5.74) is 10.7. The number of ether oxygens (including phenoxy) is 2. The number of rotatable bonds is 9. The Morgan fingerprint density at radius 1 is 1.02 bits per heavy atom. The van der Waals surface area contributed by atoms with Crippen LogP contribution < -0.4 is 17.0 Å². The van der Waals surface area contributed by atoms with Crippen molar-refractivity contribution in [3.05, 3.63) is 29.3 Å². The van der Waals surface area contributed by atoms with E-state index in [9.17, 15) is 24.5 Å². The topological polar surface area (TPSA) is 274 Å². The van der Waals surface area contributed by atoms with E-state index in [1.54, 1.807) is 0 Å². The van der Waals surface area contributed by atoms with Gasteiger partial charge in [-0.05, 0) is 6.42 Å². The summed E-state index contributed by atoms with van der Waals surface area (Å²) in [6.07, 6.45) is -10.3. The number of nitrogens with zero attached hydrogens (tertiary/aromatic N) is 7. The summed E-state index contributed by atoms with van der Waals surface area (Å²) in [6.45, 7) is -1.39. The van der Waals surface area contributed by atoms with Crippen molar-refractivity contribution in [1.82, 2.24) is 39.0 Å². The fourth-order valence-corrected chi connectivity index (χ4v) is 5.92. The number of H-pyrrole nitrogens is 1. The number of anilines is 2. The smallest absolute Gasteiger partial charge is 0.396 e. The summed E-state index contributed by atoms with van der Waals surface area (Å²) in [5, 5.41) is 19.8. The van der Waals surface area contributed by atoms with Crippen molar-refractivity contribution in [3.8, 4) is 0 Å². The number of phosphoric acid groups is 1. The molecule has 22 heteroatoms. The monoisotopic (exact) mass is 630 g/mol. The molecule has 0 saturated carbocycles. The van der Waals surface area contributed by atoms with Gasteiger partial charge in [-0.15, -0.1) is 0 Å². The SMILES string of the molecule is Nc1nc2c(ncn2[C@@H]2O[C@H](CCO)[C@@H](F)[C@H]2OP(=O)(O)OC[C@H]2O[C@@H](n3cnc4c(N)ncnc43)[C@H](O)[C@H]2F)c(=O)[nH]1. The number of imidazole rings is 2. The summed E-state index contributed by atoms with van der Waals surface area (Å²) in [7, 11) is -5.18. The molecule has 6 rings (SSSR count). The highest BCUT2D eigenvalue weighted by Crippen LogP contribution is 2.51. The molecule has 8 N–H and O–H groups in total. The van der Waals surface area contributed by atoms with Crippen molar-refractivity contribution >= 4 is 41.9 Å². The Balaban J connectivity index is 1.19. The van der Waals surface area contributed by atoms with Crippen LogP contribution in [0.2, 0.25) is 0 Å². The summed E-state index contributed by atoms with van der Waals surface area (Å²) in [6, 6.07) is 0. The first-order valence-electron chi connectivity index (χ1n) is 12.7. The van der Waals surface area contributed by atoms with Crippen LogP contribution in [0.1, 0.15) is 18.9 Å². The lowest BCUT2D eigenvalue weighted by atomic mass is 10.1. The van der Waals surface area contributed by atoms with Gasteiger partial charge in [0, 0.05) is 6.61 Å². The Kier molecular flexibility index (Phi) is 7.59. The van der Waals surface area contributed by atoms with Crippen molar-refractivity contribution in [1.29, 1.82) is 0 Å². The van der Waals surface area contributed by atoms with E-state index in [2.05, 4.69) is 29.9 Å². The lowest BCUT2D eigenvalue weighted by Crippen LogP contribution is -2.32. The van der Waals surface area contributed by atoms with Crippen molar-refractivity contribution in [3.63, 3.8) is 0 Å². The number of aliphatic hydroxyl groups is 2. The number of aromatic amines is 1. The van der Waals surface area contributed by atoms with Gasteiger partial charge in [-0.25, -0.2) is 33.3 Å². The third kappa shape index (κ3) is 5.23. The maximum Gasteiger partial charge on any atom is 0.472 e. The van der Waals surface area contributed by atoms with Crippen molar-refractivity contribution < 1.29 is 47.0 Å². The van der Waals surface area contributed by atoms with Crippen LogP contribution in [0.25, 0.3) is 22.3 Å². The highest BCUT2D eigenvalue weighted by atomic mass is 31.2. The molecular formula is C21H25F2N10O9P. The molecule has 0 radical (unpaired) electrons. The Bertz CT molecular complexity index is 1760. The predicted molar refractivity (Wildman–Crippen MR) is 138 cm³/mol. The second-order valence-electron chi connectivity index (χ2n) is 9.71. The number of alkyl halides is 2. The molecule has 6 heterocycles. The zero-order chi connectivity index (χ0) is 30.6. The summed E-state index contributed by atoms with van der Waals surface area (Å²) in [4.78, 5) is 44.7.